The molecule has 0 spiro atoms. The Morgan fingerprint density at radius 2 is 1.88 bits per heavy atom. The van der Waals surface area contributed by atoms with Crippen LogP contribution in [0.3, 0.4) is 0 Å². The minimum atomic E-state index is 0.130. The van der Waals surface area contributed by atoms with Crippen molar-refractivity contribution in [2.75, 3.05) is 13.2 Å². The van der Waals surface area contributed by atoms with Gasteiger partial charge in [0.1, 0.15) is 17.3 Å². The molecule has 0 saturated carbocycles. The minimum Gasteiger partial charge on any atom is -0.494 e. The van der Waals surface area contributed by atoms with E-state index in [0.717, 1.165) is 17.1 Å². The Balaban J connectivity index is 2.93. The minimum absolute atomic E-state index is 0.130. The van der Waals surface area contributed by atoms with Crippen molar-refractivity contribution in [1.82, 2.24) is 0 Å². The molecular formula is C13H18O3. The van der Waals surface area contributed by atoms with Gasteiger partial charge in [0.05, 0.1) is 13.2 Å². The van der Waals surface area contributed by atoms with Crippen molar-refractivity contribution in [3.05, 3.63) is 23.8 Å². The lowest BCUT2D eigenvalue weighted by molar-refractivity contribution is -0.116. The molecule has 0 amide bonds. The SMILES string of the molecule is CCOc1ccc(CC(C)=O)c(OCC)c1. The molecule has 3 heteroatoms. The summed E-state index contributed by atoms with van der Waals surface area (Å²) in [4.78, 5) is 11.1. The van der Waals surface area contributed by atoms with E-state index in [1.807, 2.05) is 32.0 Å². The van der Waals surface area contributed by atoms with Crippen LogP contribution in [0.5, 0.6) is 11.5 Å². The van der Waals surface area contributed by atoms with Crippen molar-refractivity contribution >= 4 is 5.78 Å². The summed E-state index contributed by atoms with van der Waals surface area (Å²) in [5.74, 6) is 1.65. The smallest absolute Gasteiger partial charge is 0.134 e. The Bertz CT molecular complexity index is 358. The third-order valence-corrected chi connectivity index (χ3v) is 2.09. The molecule has 0 fully saturated rings. The summed E-state index contributed by atoms with van der Waals surface area (Å²) in [5.41, 5.74) is 0.915. The Morgan fingerprint density at radius 3 is 2.44 bits per heavy atom. The first kappa shape index (κ1) is 12.6. The Morgan fingerprint density at radius 1 is 1.19 bits per heavy atom. The van der Waals surface area contributed by atoms with Crippen LogP contribution in [-0.2, 0) is 11.2 Å². The van der Waals surface area contributed by atoms with Crippen LogP contribution in [0.15, 0.2) is 18.2 Å². The summed E-state index contributed by atoms with van der Waals surface area (Å²) in [5, 5.41) is 0. The zero-order chi connectivity index (χ0) is 12.0. The van der Waals surface area contributed by atoms with Crippen LogP contribution in [0.25, 0.3) is 0 Å². The van der Waals surface area contributed by atoms with E-state index < -0.39 is 0 Å². The van der Waals surface area contributed by atoms with E-state index in [1.165, 1.54) is 0 Å². The fourth-order valence-corrected chi connectivity index (χ4v) is 1.50. The second-order valence-corrected chi connectivity index (χ2v) is 3.51. The van der Waals surface area contributed by atoms with Crippen LogP contribution in [0, 0.1) is 0 Å². The van der Waals surface area contributed by atoms with Gasteiger partial charge in [-0.05, 0) is 26.8 Å². The molecule has 0 saturated heterocycles. The zero-order valence-electron chi connectivity index (χ0n) is 10.1. The molecule has 0 aromatic heterocycles. The van der Waals surface area contributed by atoms with Crippen LogP contribution < -0.4 is 9.47 Å². The normalized spacial score (nSPS) is 9.94. The van der Waals surface area contributed by atoms with E-state index in [9.17, 15) is 4.79 Å². The van der Waals surface area contributed by atoms with E-state index in [0.29, 0.717) is 19.6 Å². The van der Waals surface area contributed by atoms with Crippen molar-refractivity contribution in [3.8, 4) is 11.5 Å². The Kier molecular flexibility index (Phi) is 4.83. The third kappa shape index (κ3) is 3.57. The molecule has 16 heavy (non-hydrogen) atoms. The van der Waals surface area contributed by atoms with Crippen LogP contribution in [0.2, 0.25) is 0 Å². The highest BCUT2D eigenvalue weighted by atomic mass is 16.5. The van der Waals surface area contributed by atoms with Crippen LogP contribution >= 0.6 is 0 Å². The van der Waals surface area contributed by atoms with Gasteiger partial charge in [-0.3, -0.25) is 4.79 Å². The van der Waals surface area contributed by atoms with E-state index in [1.54, 1.807) is 6.92 Å². The van der Waals surface area contributed by atoms with Gasteiger partial charge in [-0.15, -0.1) is 0 Å². The van der Waals surface area contributed by atoms with Gasteiger partial charge in [-0.1, -0.05) is 6.07 Å². The lowest BCUT2D eigenvalue weighted by Crippen LogP contribution is -2.02. The van der Waals surface area contributed by atoms with Crippen molar-refractivity contribution in [3.63, 3.8) is 0 Å². The monoisotopic (exact) mass is 222 g/mol. The molecule has 0 atom stereocenters. The van der Waals surface area contributed by atoms with E-state index in [-0.39, 0.29) is 5.78 Å². The second-order valence-electron chi connectivity index (χ2n) is 3.51. The maximum absolute atomic E-state index is 11.1. The third-order valence-electron chi connectivity index (χ3n) is 2.09. The molecule has 1 aromatic rings. The number of Topliss-reactive ketones (excluding diaryl/α,β-unsaturated/α-hetero) is 1. The molecule has 0 aliphatic rings. The van der Waals surface area contributed by atoms with E-state index in [4.69, 9.17) is 9.47 Å². The highest BCUT2D eigenvalue weighted by Crippen LogP contribution is 2.25. The molecule has 0 heterocycles. The first-order chi connectivity index (χ1) is 7.67. The van der Waals surface area contributed by atoms with E-state index in [2.05, 4.69) is 0 Å². The number of ketones is 1. The molecule has 0 bridgehead atoms. The Labute approximate surface area is 96.4 Å². The average molecular weight is 222 g/mol. The van der Waals surface area contributed by atoms with Gasteiger partial charge in [0, 0.05) is 18.1 Å². The van der Waals surface area contributed by atoms with Crippen molar-refractivity contribution in [2.45, 2.75) is 27.2 Å². The molecule has 1 aromatic carbocycles. The summed E-state index contributed by atoms with van der Waals surface area (Å²) in [6.45, 7) is 6.64. The first-order valence-corrected chi connectivity index (χ1v) is 5.55. The topological polar surface area (TPSA) is 35.5 Å². The standard InChI is InChI=1S/C13H18O3/c1-4-15-12-7-6-11(8-10(3)14)13(9-12)16-5-2/h6-7,9H,4-5,8H2,1-3H3. The number of ether oxygens (including phenoxy) is 2. The molecular weight excluding hydrogens is 204 g/mol. The van der Waals surface area contributed by atoms with Gasteiger partial charge in [0.15, 0.2) is 0 Å². The second kappa shape index (κ2) is 6.16. The highest BCUT2D eigenvalue weighted by Gasteiger charge is 2.07. The largest absolute Gasteiger partial charge is 0.494 e. The fraction of sp³-hybridized carbons (Fsp3) is 0.462. The van der Waals surface area contributed by atoms with Gasteiger partial charge < -0.3 is 9.47 Å². The van der Waals surface area contributed by atoms with Crippen molar-refractivity contribution < 1.29 is 14.3 Å². The van der Waals surface area contributed by atoms with Crippen LogP contribution in [0.4, 0.5) is 0 Å². The average Bonchev–Trinajstić information content (AvgIpc) is 2.22. The lowest BCUT2D eigenvalue weighted by atomic mass is 10.1. The Hall–Kier alpha value is -1.51. The van der Waals surface area contributed by atoms with Crippen LogP contribution in [0.1, 0.15) is 26.3 Å². The number of hydrogen-bond acceptors (Lipinski definition) is 3. The molecule has 0 N–H and O–H groups in total. The number of rotatable bonds is 6. The molecule has 0 aliphatic heterocycles. The zero-order valence-corrected chi connectivity index (χ0v) is 10.1. The van der Waals surface area contributed by atoms with Gasteiger partial charge in [0.25, 0.3) is 0 Å². The maximum atomic E-state index is 11.1. The maximum Gasteiger partial charge on any atom is 0.134 e. The van der Waals surface area contributed by atoms with Gasteiger partial charge in [0.2, 0.25) is 0 Å². The summed E-state index contributed by atoms with van der Waals surface area (Å²) in [6, 6.07) is 5.59. The van der Waals surface area contributed by atoms with Crippen molar-refractivity contribution in [2.24, 2.45) is 0 Å². The number of carbonyl (C=O) groups excluding carboxylic acids is 1. The molecule has 1 rings (SSSR count). The summed E-state index contributed by atoms with van der Waals surface area (Å²) in [6.07, 6.45) is 0.405. The molecule has 0 aliphatic carbocycles. The molecule has 3 nitrogen and oxygen atoms in total. The lowest BCUT2D eigenvalue weighted by Gasteiger charge is -2.11. The predicted molar refractivity (Wildman–Crippen MR) is 63.2 cm³/mol. The summed E-state index contributed by atoms with van der Waals surface area (Å²) < 4.78 is 10.9. The summed E-state index contributed by atoms with van der Waals surface area (Å²) in [7, 11) is 0. The van der Waals surface area contributed by atoms with Gasteiger partial charge >= 0.3 is 0 Å². The van der Waals surface area contributed by atoms with E-state index >= 15 is 0 Å². The molecule has 0 unspecified atom stereocenters. The first-order valence-electron chi connectivity index (χ1n) is 5.55. The molecule has 88 valence electrons. The fourth-order valence-electron chi connectivity index (χ4n) is 1.50. The van der Waals surface area contributed by atoms with Gasteiger partial charge in [-0.2, -0.15) is 0 Å². The van der Waals surface area contributed by atoms with Crippen LogP contribution in [-0.4, -0.2) is 19.0 Å². The van der Waals surface area contributed by atoms with Gasteiger partial charge in [-0.25, -0.2) is 0 Å². The van der Waals surface area contributed by atoms with Crippen molar-refractivity contribution in [1.29, 1.82) is 0 Å². The predicted octanol–water partition coefficient (Wildman–Crippen LogP) is 2.62. The number of hydrogen-bond donors (Lipinski definition) is 0. The summed E-state index contributed by atoms with van der Waals surface area (Å²) >= 11 is 0. The highest BCUT2D eigenvalue weighted by molar-refractivity contribution is 5.79. The quantitative estimate of drug-likeness (QED) is 0.742. The molecule has 0 radical (unpaired) electrons. The number of benzene rings is 1. The number of carbonyl (C=O) groups is 1.